The van der Waals surface area contributed by atoms with Crippen molar-refractivity contribution in [2.24, 2.45) is 5.41 Å². The predicted molar refractivity (Wildman–Crippen MR) is 91.1 cm³/mol. The molecule has 0 saturated heterocycles. The number of benzene rings is 1. The van der Waals surface area contributed by atoms with Crippen LogP contribution in [0.25, 0.3) is 0 Å². The maximum Gasteiger partial charge on any atom is 0.314 e. The molecule has 0 amide bonds. The van der Waals surface area contributed by atoms with Crippen LogP contribution in [0.3, 0.4) is 0 Å². The van der Waals surface area contributed by atoms with Gasteiger partial charge in [0.15, 0.2) is 0 Å². The standard InChI is InChI=1S/C19H30O4/c1-2-23-18(22)19(16-21,14-8-9-15-20)13-7-6-12-17-10-4-3-5-11-17/h3-5,10-11,20-21H,2,6-9,12-16H2,1H3. The Balaban J connectivity index is 2.54. The van der Waals surface area contributed by atoms with Gasteiger partial charge < -0.3 is 14.9 Å². The number of aliphatic hydroxyl groups excluding tert-OH is 2. The molecular weight excluding hydrogens is 292 g/mol. The molecule has 0 radical (unpaired) electrons. The molecule has 2 N–H and O–H groups in total. The summed E-state index contributed by atoms with van der Waals surface area (Å²) in [5, 5.41) is 18.8. The lowest BCUT2D eigenvalue weighted by Crippen LogP contribution is -2.37. The monoisotopic (exact) mass is 322 g/mol. The van der Waals surface area contributed by atoms with Crippen LogP contribution in [0.1, 0.15) is 51.0 Å². The van der Waals surface area contributed by atoms with E-state index in [9.17, 15) is 9.90 Å². The van der Waals surface area contributed by atoms with E-state index in [0.29, 0.717) is 32.3 Å². The van der Waals surface area contributed by atoms with Gasteiger partial charge in [0.05, 0.1) is 18.6 Å². The Morgan fingerprint density at radius 2 is 1.70 bits per heavy atom. The van der Waals surface area contributed by atoms with Crippen LogP contribution in [0.15, 0.2) is 30.3 Å². The summed E-state index contributed by atoms with van der Waals surface area (Å²) in [6.45, 7) is 2.02. The lowest BCUT2D eigenvalue weighted by atomic mass is 9.78. The van der Waals surface area contributed by atoms with Crippen LogP contribution < -0.4 is 0 Å². The summed E-state index contributed by atoms with van der Waals surface area (Å²) < 4.78 is 5.18. The second kappa shape index (κ2) is 11.2. The minimum atomic E-state index is -0.818. The van der Waals surface area contributed by atoms with E-state index < -0.39 is 5.41 Å². The van der Waals surface area contributed by atoms with Crippen molar-refractivity contribution in [3.05, 3.63) is 35.9 Å². The molecule has 0 aliphatic carbocycles. The minimum Gasteiger partial charge on any atom is -0.465 e. The van der Waals surface area contributed by atoms with Gasteiger partial charge in [0.25, 0.3) is 0 Å². The zero-order chi connectivity index (χ0) is 17.0. The summed E-state index contributed by atoms with van der Waals surface area (Å²) in [6, 6.07) is 10.3. The van der Waals surface area contributed by atoms with E-state index in [4.69, 9.17) is 9.84 Å². The van der Waals surface area contributed by atoms with Gasteiger partial charge in [0.2, 0.25) is 0 Å². The molecule has 0 spiro atoms. The van der Waals surface area contributed by atoms with Crippen LogP contribution in [-0.4, -0.2) is 36.0 Å². The SMILES string of the molecule is CCOC(=O)C(CO)(CCCCO)CCCCc1ccccc1. The highest BCUT2D eigenvalue weighted by molar-refractivity contribution is 5.77. The normalized spacial score (nSPS) is 13.5. The average Bonchev–Trinajstić information content (AvgIpc) is 2.58. The molecule has 23 heavy (non-hydrogen) atoms. The third-order valence-corrected chi connectivity index (χ3v) is 4.29. The quantitative estimate of drug-likeness (QED) is 0.458. The smallest absolute Gasteiger partial charge is 0.314 e. The fraction of sp³-hybridized carbons (Fsp3) is 0.632. The van der Waals surface area contributed by atoms with Gasteiger partial charge >= 0.3 is 5.97 Å². The summed E-state index contributed by atoms with van der Waals surface area (Å²) >= 11 is 0. The molecule has 1 aromatic rings. The fourth-order valence-corrected chi connectivity index (χ4v) is 2.85. The van der Waals surface area contributed by atoms with Crippen molar-refractivity contribution in [2.75, 3.05) is 19.8 Å². The Morgan fingerprint density at radius 1 is 1.04 bits per heavy atom. The van der Waals surface area contributed by atoms with Gasteiger partial charge in [-0.25, -0.2) is 0 Å². The Morgan fingerprint density at radius 3 is 2.26 bits per heavy atom. The summed E-state index contributed by atoms with van der Waals surface area (Å²) in [5.74, 6) is -0.305. The van der Waals surface area contributed by atoms with E-state index in [0.717, 1.165) is 19.3 Å². The van der Waals surface area contributed by atoms with E-state index in [1.807, 2.05) is 18.2 Å². The first kappa shape index (κ1) is 19.7. The third kappa shape index (κ3) is 6.71. The lowest BCUT2D eigenvalue weighted by Gasteiger charge is -2.29. The topological polar surface area (TPSA) is 66.8 Å². The number of rotatable bonds is 12. The highest BCUT2D eigenvalue weighted by atomic mass is 16.5. The van der Waals surface area contributed by atoms with Gasteiger partial charge in [-0.1, -0.05) is 36.8 Å². The van der Waals surface area contributed by atoms with Crippen molar-refractivity contribution in [3.63, 3.8) is 0 Å². The average molecular weight is 322 g/mol. The molecule has 0 aliphatic rings. The Hall–Kier alpha value is -1.39. The van der Waals surface area contributed by atoms with Gasteiger partial charge in [0.1, 0.15) is 0 Å². The van der Waals surface area contributed by atoms with E-state index >= 15 is 0 Å². The number of carbonyl (C=O) groups excluding carboxylic acids is 1. The van der Waals surface area contributed by atoms with Gasteiger partial charge in [-0.2, -0.15) is 0 Å². The first-order chi connectivity index (χ1) is 11.2. The molecular formula is C19H30O4. The molecule has 1 unspecified atom stereocenters. The highest BCUT2D eigenvalue weighted by Gasteiger charge is 2.38. The van der Waals surface area contributed by atoms with E-state index in [2.05, 4.69) is 12.1 Å². The molecule has 1 rings (SSSR count). The van der Waals surface area contributed by atoms with Crippen molar-refractivity contribution in [2.45, 2.75) is 51.9 Å². The molecule has 0 bridgehead atoms. The molecule has 0 aromatic heterocycles. The predicted octanol–water partition coefficient (Wildman–Crippen LogP) is 3.10. The number of carbonyl (C=O) groups is 1. The summed E-state index contributed by atoms with van der Waals surface area (Å²) in [6.07, 6.45) is 5.37. The van der Waals surface area contributed by atoms with Crippen LogP contribution in [0.4, 0.5) is 0 Å². The molecule has 4 heteroatoms. The third-order valence-electron chi connectivity index (χ3n) is 4.29. The first-order valence-electron chi connectivity index (χ1n) is 8.61. The van der Waals surface area contributed by atoms with Gasteiger partial charge in [-0.05, 0) is 51.0 Å². The van der Waals surface area contributed by atoms with Crippen LogP contribution in [0.5, 0.6) is 0 Å². The molecule has 1 aromatic carbocycles. The minimum absolute atomic E-state index is 0.109. The Kier molecular flexibility index (Phi) is 9.57. The summed E-state index contributed by atoms with van der Waals surface area (Å²) in [4.78, 5) is 12.3. The van der Waals surface area contributed by atoms with Gasteiger partial charge in [-0.3, -0.25) is 4.79 Å². The summed E-state index contributed by atoms with van der Waals surface area (Å²) in [7, 11) is 0. The maximum absolute atomic E-state index is 12.3. The van der Waals surface area contributed by atoms with Gasteiger partial charge in [0, 0.05) is 6.61 Å². The fourth-order valence-electron chi connectivity index (χ4n) is 2.85. The molecule has 4 nitrogen and oxygen atoms in total. The molecule has 0 aliphatic heterocycles. The molecule has 0 fully saturated rings. The van der Waals surface area contributed by atoms with E-state index in [1.54, 1.807) is 6.92 Å². The molecule has 0 saturated carbocycles. The van der Waals surface area contributed by atoms with Crippen LogP contribution >= 0.6 is 0 Å². The second-order valence-corrected chi connectivity index (χ2v) is 6.03. The van der Waals surface area contributed by atoms with Crippen molar-refractivity contribution in [1.29, 1.82) is 0 Å². The van der Waals surface area contributed by atoms with Crippen molar-refractivity contribution in [3.8, 4) is 0 Å². The number of aliphatic hydroxyl groups is 2. The van der Waals surface area contributed by atoms with Crippen molar-refractivity contribution < 1.29 is 19.7 Å². The second-order valence-electron chi connectivity index (χ2n) is 6.03. The number of hydrogen-bond donors (Lipinski definition) is 2. The molecule has 1 atom stereocenters. The van der Waals surface area contributed by atoms with Crippen molar-refractivity contribution in [1.82, 2.24) is 0 Å². The van der Waals surface area contributed by atoms with E-state index in [-0.39, 0.29) is 19.2 Å². The highest BCUT2D eigenvalue weighted by Crippen LogP contribution is 2.32. The number of ether oxygens (including phenoxy) is 1. The zero-order valence-corrected chi connectivity index (χ0v) is 14.2. The number of hydrogen-bond acceptors (Lipinski definition) is 4. The number of unbranched alkanes of at least 4 members (excludes halogenated alkanes) is 2. The van der Waals surface area contributed by atoms with E-state index in [1.165, 1.54) is 5.56 Å². The van der Waals surface area contributed by atoms with Crippen LogP contribution in [0.2, 0.25) is 0 Å². The lowest BCUT2D eigenvalue weighted by molar-refractivity contribution is -0.159. The Labute approximate surface area is 139 Å². The zero-order valence-electron chi connectivity index (χ0n) is 14.2. The number of esters is 1. The summed E-state index contributed by atoms with van der Waals surface area (Å²) in [5.41, 5.74) is 0.473. The molecule has 0 heterocycles. The van der Waals surface area contributed by atoms with Crippen LogP contribution in [-0.2, 0) is 16.0 Å². The largest absolute Gasteiger partial charge is 0.465 e. The first-order valence-corrected chi connectivity index (χ1v) is 8.61. The molecule has 130 valence electrons. The Bertz CT molecular complexity index is 432. The maximum atomic E-state index is 12.3. The van der Waals surface area contributed by atoms with Crippen LogP contribution in [0, 0.1) is 5.41 Å². The van der Waals surface area contributed by atoms with Crippen molar-refractivity contribution >= 4 is 5.97 Å². The number of aryl methyl sites for hydroxylation is 1. The van der Waals surface area contributed by atoms with Gasteiger partial charge in [-0.15, -0.1) is 0 Å².